The van der Waals surface area contributed by atoms with Crippen LogP contribution in [0.25, 0.3) is 10.8 Å². The Morgan fingerprint density at radius 2 is 1.95 bits per heavy atom. The summed E-state index contributed by atoms with van der Waals surface area (Å²) in [5.41, 5.74) is 4.89. The minimum atomic E-state index is -0.0375. The van der Waals surface area contributed by atoms with Crippen molar-refractivity contribution in [3.63, 3.8) is 0 Å². The lowest BCUT2D eigenvalue weighted by Crippen LogP contribution is -2.32. The van der Waals surface area contributed by atoms with Crippen LogP contribution in [0.5, 0.6) is 0 Å². The van der Waals surface area contributed by atoms with Crippen LogP contribution in [-0.4, -0.2) is 12.8 Å². The van der Waals surface area contributed by atoms with Gasteiger partial charge >= 0.3 is 0 Å². The number of hydrogen-bond acceptors (Lipinski definition) is 2. The molecule has 112 valence electrons. The predicted molar refractivity (Wildman–Crippen MR) is 91.3 cm³/mol. The molecule has 22 heavy (non-hydrogen) atoms. The first-order valence-corrected chi connectivity index (χ1v) is 8.04. The van der Waals surface area contributed by atoms with Crippen molar-refractivity contribution in [2.45, 2.75) is 38.5 Å². The smallest absolute Gasteiger partial charge is 0.157 e. The van der Waals surface area contributed by atoms with E-state index in [0.717, 1.165) is 24.8 Å². The maximum Gasteiger partial charge on any atom is 0.157 e. The first-order valence-electron chi connectivity index (χ1n) is 8.04. The van der Waals surface area contributed by atoms with Crippen molar-refractivity contribution in [1.29, 1.82) is 0 Å². The Hall–Kier alpha value is -2.09. The van der Waals surface area contributed by atoms with Crippen molar-refractivity contribution in [1.82, 2.24) is 0 Å². The number of anilines is 1. The first kappa shape index (κ1) is 13.6. The standard InChI is InChI=1S/C20H21NO/c1-13(22)15-9-6-12-20(2)18-16-8-5-4-7-14(16)10-11-17(18)21(3)19(15)20/h4-5,7-8,10-11H,6,9,12H2,1-3H3. The summed E-state index contributed by atoms with van der Waals surface area (Å²) in [7, 11) is 2.11. The SMILES string of the molecule is CC(=O)C1=C2N(C)c3ccc4ccccc4c3C2(C)CCC1. The number of Topliss-reactive ketones (excluding diaryl/α,β-unsaturated/α-hetero) is 1. The molecule has 4 rings (SSSR count). The second-order valence-corrected chi connectivity index (χ2v) is 6.81. The fraction of sp³-hybridized carbons (Fsp3) is 0.350. The zero-order chi connectivity index (χ0) is 15.5. The Bertz CT molecular complexity index is 833. The average Bonchev–Trinajstić information content (AvgIpc) is 2.75. The summed E-state index contributed by atoms with van der Waals surface area (Å²) in [6.07, 6.45) is 3.12. The van der Waals surface area contributed by atoms with Crippen LogP contribution in [0, 0.1) is 0 Å². The molecular formula is C20H21NO. The highest BCUT2D eigenvalue weighted by molar-refractivity contribution is 6.00. The first-order chi connectivity index (χ1) is 10.5. The predicted octanol–water partition coefficient (Wildman–Crippen LogP) is 4.57. The van der Waals surface area contributed by atoms with Gasteiger partial charge in [0.15, 0.2) is 5.78 Å². The molecule has 1 unspecified atom stereocenters. The molecule has 2 nitrogen and oxygen atoms in total. The van der Waals surface area contributed by atoms with Crippen molar-refractivity contribution in [3.8, 4) is 0 Å². The number of rotatable bonds is 1. The van der Waals surface area contributed by atoms with E-state index in [9.17, 15) is 4.79 Å². The third-order valence-corrected chi connectivity index (χ3v) is 5.49. The van der Waals surface area contributed by atoms with Crippen LogP contribution in [0.15, 0.2) is 47.7 Å². The second-order valence-electron chi connectivity index (χ2n) is 6.81. The molecule has 1 atom stereocenters. The zero-order valence-electron chi connectivity index (χ0n) is 13.4. The number of carbonyl (C=O) groups is 1. The fourth-order valence-electron chi connectivity index (χ4n) is 4.59. The average molecular weight is 291 g/mol. The third kappa shape index (κ3) is 1.58. The normalized spacial score (nSPS) is 23.7. The van der Waals surface area contributed by atoms with Gasteiger partial charge in [0.25, 0.3) is 0 Å². The van der Waals surface area contributed by atoms with Crippen LogP contribution in [0.3, 0.4) is 0 Å². The quantitative estimate of drug-likeness (QED) is 0.767. The summed E-state index contributed by atoms with van der Waals surface area (Å²) < 4.78 is 0. The summed E-state index contributed by atoms with van der Waals surface area (Å²) >= 11 is 0. The van der Waals surface area contributed by atoms with Gasteiger partial charge in [-0.3, -0.25) is 4.79 Å². The molecular weight excluding hydrogens is 270 g/mol. The molecule has 2 heteroatoms. The van der Waals surface area contributed by atoms with Crippen LogP contribution in [0.2, 0.25) is 0 Å². The number of benzene rings is 2. The highest BCUT2D eigenvalue weighted by Gasteiger charge is 2.46. The lowest BCUT2D eigenvalue weighted by atomic mass is 9.70. The summed E-state index contributed by atoms with van der Waals surface area (Å²) in [5, 5.41) is 2.61. The van der Waals surface area contributed by atoms with Gasteiger partial charge in [0.1, 0.15) is 0 Å². The van der Waals surface area contributed by atoms with Gasteiger partial charge in [-0.05, 0) is 55.5 Å². The van der Waals surface area contributed by atoms with E-state index in [-0.39, 0.29) is 11.2 Å². The highest BCUT2D eigenvalue weighted by Crippen LogP contribution is 2.55. The topological polar surface area (TPSA) is 20.3 Å². The lowest BCUT2D eigenvalue weighted by Gasteiger charge is -2.35. The van der Waals surface area contributed by atoms with Crippen molar-refractivity contribution in [2.75, 3.05) is 11.9 Å². The van der Waals surface area contributed by atoms with Crippen molar-refractivity contribution < 1.29 is 4.79 Å². The van der Waals surface area contributed by atoms with E-state index >= 15 is 0 Å². The Labute approximate surface area is 131 Å². The van der Waals surface area contributed by atoms with Gasteiger partial charge in [0, 0.05) is 29.4 Å². The van der Waals surface area contributed by atoms with Crippen LogP contribution in [0.1, 0.15) is 38.7 Å². The van der Waals surface area contributed by atoms with Gasteiger partial charge in [0.05, 0.1) is 0 Å². The molecule has 0 spiro atoms. The van der Waals surface area contributed by atoms with Gasteiger partial charge in [-0.25, -0.2) is 0 Å². The molecule has 2 aromatic rings. The molecule has 0 aromatic heterocycles. The molecule has 2 aliphatic rings. The third-order valence-electron chi connectivity index (χ3n) is 5.49. The van der Waals surface area contributed by atoms with E-state index < -0.39 is 0 Å². The molecule has 0 N–H and O–H groups in total. The summed E-state index contributed by atoms with van der Waals surface area (Å²) in [6.45, 7) is 4.03. The van der Waals surface area contributed by atoms with Crippen LogP contribution in [-0.2, 0) is 10.2 Å². The lowest BCUT2D eigenvalue weighted by molar-refractivity contribution is -0.114. The van der Waals surface area contributed by atoms with Gasteiger partial charge in [0.2, 0.25) is 0 Å². The van der Waals surface area contributed by atoms with E-state index in [1.807, 2.05) is 0 Å². The van der Waals surface area contributed by atoms with E-state index in [1.165, 1.54) is 27.7 Å². The summed E-state index contributed by atoms with van der Waals surface area (Å²) in [4.78, 5) is 14.4. The monoisotopic (exact) mass is 291 g/mol. The van der Waals surface area contributed by atoms with Gasteiger partial charge in [-0.1, -0.05) is 30.3 Å². The maximum atomic E-state index is 12.2. The Morgan fingerprint density at radius 3 is 2.73 bits per heavy atom. The van der Waals surface area contributed by atoms with Gasteiger partial charge in [-0.2, -0.15) is 0 Å². The number of nitrogens with zero attached hydrogens (tertiary/aromatic N) is 1. The van der Waals surface area contributed by atoms with Gasteiger partial charge < -0.3 is 4.90 Å². The molecule has 0 saturated heterocycles. The van der Waals surface area contributed by atoms with E-state index in [1.54, 1.807) is 6.92 Å². The summed E-state index contributed by atoms with van der Waals surface area (Å²) in [6, 6.07) is 13.0. The molecule has 1 heterocycles. The Balaban J connectivity index is 2.11. The number of fused-ring (bicyclic) bond motifs is 5. The largest absolute Gasteiger partial charge is 0.347 e. The minimum Gasteiger partial charge on any atom is -0.347 e. The number of carbonyl (C=O) groups excluding carboxylic acids is 1. The highest BCUT2D eigenvalue weighted by atomic mass is 16.1. The molecule has 0 bridgehead atoms. The van der Waals surface area contributed by atoms with Crippen LogP contribution in [0.4, 0.5) is 5.69 Å². The Morgan fingerprint density at radius 1 is 1.18 bits per heavy atom. The number of ketones is 1. The fourth-order valence-corrected chi connectivity index (χ4v) is 4.59. The van der Waals surface area contributed by atoms with Gasteiger partial charge in [-0.15, -0.1) is 0 Å². The number of hydrogen-bond donors (Lipinski definition) is 0. The van der Waals surface area contributed by atoms with Crippen molar-refractivity contribution >= 4 is 22.2 Å². The summed E-state index contributed by atoms with van der Waals surface area (Å²) in [5.74, 6) is 0.227. The maximum absolute atomic E-state index is 12.2. The second kappa shape index (κ2) is 4.45. The molecule has 2 aromatic carbocycles. The molecule has 0 fully saturated rings. The van der Waals surface area contributed by atoms with E-state index in [0.29, 0.717) is 0 Å². The van der Waals surface area contributed by atoms with E-state index in [2.05, 4.69) is 55.3 Å². The van der Waals surface area contributed by atoms with Crippen LogP contribution >= 0.6 is 0 Å². The minimum absolute atomic E-state index is 0.0375. The molecule has 0 radical (unpaired) electrons. The number of allylic oxidation sites excluding steroid dienone is 2. The van der Waals surface area contributed by atoms with E-state index in [4.69, 9.17) is 0 Å². The molecule has 1 aliphatic heterocycles. The van der Waals surface area contributed by atoms with Crippen LogP contribution < -0.4 is 4.90 Å². The zero-order valence-corrected chi connectivity index (χ0v) is 13.4. The Kier molecular flexibility index (Phi) is 2.75. The van der Waals surface area contributed by atoms with Crippen molar-refractivity contribution in [2.24, 2.45) is 0 Å². The van der Waals surface area contributed by atoms with Crippen molar-refractivity contribution in [3.05, 3.63) is 53.2 Å². The number of likely N-dealkylation sites (N-methyl/N-ethyl adjacent to an activating group) is 1. The molecule has 1 aliphatic carbocycles. The molecule has 0 saturated carbocycles. The molecule has 0 amide bonds.